The number of halogens is 3. The number of nitrogens with zero attached hydrogens (tertiary/aromatic N) is 3. The van der Waals surface area contributed by atoms with Crippen LogP contribution in [0.5, 0.6) is 0 Å². The van der Waals surface area contributed by atoms with Gasteiger partial charge in [-0.05, 0) is 18.8 Å². The summed E-state index contributed by atoms with van der Waals surface area (Å²) < 4.78 is 38.8. The van der Waals surface area contributed by atoms with Gasteiger partial charge in [0.25, 0.3) is 0 Å². The van der Waals surface area contributed by atoms with E-state index in [4.69, 9.17) is 5.11 Å². The third-order valence-corrected chi connectivity index (χ3v) is 2.36. The van der Waals surface area contributed by atoms with Crippen LogP contribution < -0.4 is 0 Å². The van der Waals surface area contributed by atoms with Crippen molar-refractivity contribution in [2.45, 2.75) is 39.4 Å². The molecule has 0 saturated heterocycles. The number of carboxylic acids is 1. The molecule has 1 heterocycles. The molecule has 0 spiro atoms. The maximum atomic E-state index is 12.7. The van der Waals surface area contributed by atoms with E-state index in [1.165, 1.54) is 0 Å². The Hall–Kier alpha value is -1.60. The van der Waals surface area contributed by atoms with Gasteiger partial charge in [0.05, 0.1) is 0 Å². The highest BCUT2D eigenvalue weighted by Crippen LogP contribution is 2.31. The topological polar surface area (TPSA) is 68.0 Å². The normalized spacial score (nSPS) is 12.1. The molecule has 0 aromatic carbocycles. The fraction of sp³-hybridized carbons (Fsp3) is 0.700. The zero-order valence-corrected chi connectivity index (χ0v) is 10.0. The Morgan fingerprint density at radius 3 is 2.50 bits per heavy atom. The van der Waals surface area contributed by atoms with Crippen molar-refractivity contribution in [3.63, 3.8) is 0 Å². The quantitative estimate of drug-likeness (QED) is 0.887. The molecule has 8 heteroatoms. The molecular formula is C10H14F3N3O2. The van der Waals surface area contributed by atoms with Crippen molar-refractivity contribution in [1.82, 2.24) is 15.0 Å². The monoisotopic (exact) mass is 265 g/mol. The van der Waals surface area contributed by atoms with Crippen LogP contribution >= 0.6 is 0 Å². The first-order valence-electron chi connectivity index (χ1n) is 5.47. The number of carbonyl (C=O) groups is 1. The second kappa shape index (κ2) is 5.36. The van der Waals surface area contributed by atoms with Gasteiger partial charge in [0.15, 0.2) is 5.69 Å². The minimum absolute atomic E-state index is 0.00725. The van der Waals surface area contributed by atoms with Gasteiger partial charge in [0.2, 0.25) is 5.69 Å². The molecule has 102 valence electrons. The average Bonchev–Trinajstić information content (AvgIpc) is 2.60. The Kier molecular flexibility index (Phi) is 4.31. The van der Waals surface area contributed by atoms with Gasteiger partial charge in [-0.2, -0.15) is 13.2 Å². The summed E-state index contributed by atoms with van der Waals surface area (Å²) in [7, 11) is 0. The Labute approximate surface area is 102 Å². The number of aryl methyl sites for hydroxylation is 1. The lowest BCUT2D eigenvalue weighted by Crippen LogP contribution is -2.18. The van der Waals surface area contributed by atoms with Crippen molar-refractivity contribution < 1.29 is 23.1 Å². The summed E-state index contributed by atoms with van der Waals surface area (Å²) in [6.07, 6.45) is -3.54. The zero-order chi connectivity index (χ0) is 13.9. The van der Waals surface area contributed by atoms with Crippen LogP contribution in [0.25, 0.3) is 0 Å². The van der Waals surface area contributed by atoms with Gasteiger partial charge in [-0.3, -0.25) is 0 Å². The van der Waals surface area contributed by atoms with Gasteiger partial charge >= 0.3 is 12.1 Å². The Bertz CT molecular complexity index is 426. The largest absolute Gasteiger partial charge is 0.476 e. The summed E-state index contributed by atoms with van der Waals surface area (Å²) >= 11 is 0. The third kappa shape index (κ3) is 3.44. The molecule has 1 N–H and O–H groups in total. The molecule has 0 bridgehead atoms. The van der Waals surface area contributed by atoms with Crippen LogP contribution in [0.15, 0.2) is 0 Å². The smallest absolute Gasteiger partial charge is 0.435 e. The van der Waals surface area contributed by atoms with E-state index in [9.17, 15) is 18.0 Å². The van der Waals surface area contributed by atoms with Gasteiger partial charge < -0.3 is 5.11 Å². The van der Waals surface area contributed by atoms with Crippen LogP contribution in [-0.4, -0.2) is 26.1 Å². The second-order valence-electron chi connectivity index (χ2n) is 4.35. The highest BCUT2D eigenvalue weighted by atomic mass is 19.4. The Balaban J connectivity index is 2.95. The van der Waals surface area contributed by atoms with Crippen LogP contribution in [0, 0.1) is 5.92 Å². The molecule has 0 aliphatic heterocycles. The Morgan fingerprint density at radius 1 is 1.44 bits per heavy atom. The van der Waals surface area contributed by atoms with E-state index in [1.807, 2.05) is 13.8 Å². The summed E-state index contributed by atoms with van der Waals surface area (Å²) in [5.41, 5.74) is -2.34. The number of hydrogen-bond acceptors (Lipinski definition) is 3. The minimum atomic E-state index is -4.77. The summed E-state index contributed by atoms with van der Waals surface area (Å²) in [5, 5.41) is 15.0. The number of hydrogen-bond donors (Lipinski definition) is 1. The first kappa shape index (κ1) is 14.5. The van der Waals surface area contributed by atoms with Crippen molar-refractivity contribution >= 4 is 5.97 Å². The van der Waals surface area contributed by atoms with E-state index in [1.54, 1.807) is 0 Å². The first-order valence-corrected chi connectivity index (χ1v) is 5.47. The van der Waals surface area contributed by atoms with Crippen LogP contribution in [0.4, 0.5) is 13.2 Å². The second-order valence-corrected chi connectivity index (χ2v) is 4.35. The fourth-order valence-electron chi connectivity index (χ4n) is 1.54. The summed E-state index contributed by atoms with van der Waals surface area (Å²) in [6.45, 7) is 3.91. The molecule has 5 nitrogen and oxygen atoms in total. The standard InChI is InChI=1S/C10H14F3N3O2/c1-6(2)4-3-5-16-8(10(11,12)13)7(9(17)18)14-15-16/h6H,3-5H2,1-2H3,(H,17,18). The van der Waals surface area contributed by atoms with Crippen molar-refractivity contribution in [1.29, 1.82) is 0 Å². The molecule has 0 atom stereocenters. The number of aromatic nitrogens is 3. The zero-order valence-electron chi connectivity index (χ0n) is 10.0. The summed E-state index contributed by atoms with van der Waals surface area (Å²) in [6, 6.07) is 0. The molecule has 1 aromatic heterocycles. The molecule has 0 saturated carbocycles. The van der Waals surface area contributed by atoms with E-state index in [2.05, 4.69) is 10.3 Å². The minimum Gasteiger partial charge on any atom is -0.476 e. The van der Waals surface area contributed by atoms with Crippen molar-refractivity contribution in [2.75, 3.05) is 0 Å². The number of alkyl halides is 3. The van der Waals surface area contributed by atoms with Gasteiger partial charge in [-0.1, -0.05) is 19.1 Å². The lowest BCUT2D eigenvalue weighted by molar-refractivity contribution is -0.144. The third-order valence-electron chi connectivity index (χ3n) is 2.36. The van der Waals surface area contributed by atoms with Crippen LogP contribution in [0.3, 0.4) is 0 Å². The maximum Gasteiger partial charge on any atom is 0.435 e. The van der Waals surface area contributed by atoms with E-state index < -0.39 is 23.5 Å². The molecule has 0 aliphatic rings. The van der Waals surface area contributed by atoms with E-state index in [0.717, 1.165) is 6.42 Å². The molecular weight excluding hydrogens is 251 g/mol. The Morgan fingerprint density at radius 2 is 2.06 bits per heavy atom. The lowest BCUT2D eigenvalue weighted by Gasteiger charge is -2.10. The molecule has 0 radical (unpaired) electrons. The average molecular weight is 265 g/mol. The first-order chi connectivity index (χ1) is 8.23. The highest BCUT2D eigenvalue weighted by Gasteiger charge is 2.41. The van der Waals surface area contributed by atoms with Crippen molar-refractivity contribution in [2.24, 2.45) is 5.92 Å². The molecule has 18 heavy (non-hydrogen) atoms. The van der Waals surface area contributed by atoms with Crippen LogP contribution in [-0.2, 0) is 12.7 Å². The fourth-order valence-corrected chi connectivity index (χ4v) is 1.54. The number of carboxylic acid groups (broad SMARTS) is 1. The van der Waals surface area contributed by atoms with Gasteiger partial charge in [-0.15, -0.1) is 5.10 Å². The van der Waals surface area contributed by atoms with Gasteiger partial charge in [0, 0.05) is 6.54 Å². The molecule has 0 fully saturated rings. The van der Waals surface area contributed by atoms with E-state index in [-0.39, 0.29) is 6.54 Å². The number of rotatable bonds is 5. The van der Waals surface area contributed by atoms with Crippen molar-refractivity contribution in [3.05, 3.63) is 11.4 Å². The van der Waals surface area contributed by atoms with Crippen molar-refractivity contribution in [3.8, 4) is 0 Å². The van der Waals surface area contributed by atoms with Gasteiger partial charge in [0.1, 0.15) is 0 Å². The summed E-state index contributed by atoms with van der Waals surface area (Å²) in [5.74, 6) is -1.36. The van der Waals surface area contributed by atoms with Gasteiger partial charge in [-0.25, -0.2) is 9.48 Å². The summed E-state index contributed by atoms with van der Waals surface area (Å²) in [4.78, 5) is 10.6. The van der Waals surface area contributed by atoms with E-state index in [0.29, 0.717) is 17.0 Å². The highest BCUT2D eigenvalue weighted by molar-refractivity contribution is 5.86. The molecule has 1 aromatic rings. The number of aromatic carboxylic acids is 1. The maximum absolute atomic E-state index is 12.7. The van der Waals surface area contributed by atoms with Crippen LogP contribution in [0.1, 0.15) is 42.9 Å². The SMILES string of the molecule is CC(C)CCCn1nnc(C(=O)O)c1C(F)(F)F. The van der Waals surface area contributed by atoms with E-state index >= 15 is 0 Å². The van der Waals surface area contributed by atoms with Crippen LogP contribution in [0.2, 0.25) is 0 Å². The molecule has 0 aliphatic carbocycles. The molecule has 0 amide bonds. The molecule has 0 unspecified atom stereocenters. The predicted octanol–water partition coefficient (Wildman–Crippen LogP) is 2.43. The lowest BCUT2D eigenvalue weighted by atomic mass is 10.1. The predicted molar refractivity (Wildman–Crippen MR) is 56.1 cm³/mol. The molecule has 1 rings (SSSR count).